The van der Waals surface area contributed by atoms with Gasteiger partial charge in [-0.3, -0.25) is 0 Å². The minimum Gasteiger partial charge on any atom is -0.414 e. The molecule has 0 aliphatic carbocycles. The summed E-state index contributed by atoms with van der Waals surface area (Å²) in [5, 5.41) is 0.343. The van der Waals surface area contributed by atoms with Gasteiger partial charge in [-0.05, 0) is 67.9 Å². The van der Waals surface area contributed by atoms with Crippen molar-refractivity contribution in [1.29, 1.82) is 0 Å². The third-order valence-electron chi connectivity index (χ3n) is 8.39. The molecule has 0 unspecified atom stereocenters. The van der Waals surface area contributed by atoms with E-state index in [4.69, 9.17) is 23.1 Å². The molecule has 0 radical (unpaired) electrons. The SMILES string of the molecule is C=C(C[C@H](C)C[C@@H]1CC=C[C@@H](CCOCOC)O1)C[C@@H](CO[Si](C)(C)C(C)(C)C)O[Si](C)(C)C(C)(C)C. The van der Waals surface area contributed by atoms with Crippen LogP contribution in [0, 0.1) is 5.92 Å². The first-order valence-corrected chi connectivity index (χ1v) is 20.1. The summed E-state index contributed by atoms with van der Waals surface area (Å²) < 4.78 is 30.3. The molecule has 4 atom stereocenters. The fourth-order valence-corrected chi connectivity index (χ4v) is 6.44. The molecule has 1 aliphatic heterocycles. The predicted octanol–water partition coefficient (Wildman–Crippen LogP) is 8.49. The fourth-order valence-electron chi connectivity index (χ4n) is 4.06. The first-order chi connectivity index (χ1) is 16.9. The van der Waals surface area contributed by atoms with Crippen LogP contribution in [0.3, 0.4) is 0 Å². The maximum atomic E-state index is 6.90. The standard InChI is InChI=1S/C30H60O5Si2/c1-24(20-27-16-14-15-26(34-27)17-18-32-23-31-9)19-25(2)21-28(35-37(12,13)30(6,7)8)22-33-36(10,11)29(3,4)5/h14-15,24,26-28H,2,16-23H2,1,3-13H3/t24-,26-,27-,28-/m0/s1. The van der Waals surface area contributed by atoms with Crippen molar-refractivity contribution in [1.82, 2.24) is 0 Å². The number of ether oxygens (including phenoxy) is 3. The molecule has 7 heteroatoms. The van der Waals surface area contributed by atoms with Gasteiger partial charge >= 0.3 is 0 Å². The van der Waals surface area contributed by atoms with Gasteiger partial charge in [0.1, 0.15) is 6.79 Å². The van der Waals surface area contributed by atoms with Crippen LogP contribution in [0.15, 0.2) is 24.3 Å². The van der Waals surface area contributed by atoms with Gasteiger partial charge in [0.25, 0.3) is 0 Å². The number of hydrogen-bond acceptors (Lipinski definition) is 5. The lowest BCUT2D eigenvalue weighted by molar-refractivity contribution is -0.0567. The number of rotatable bonds is 16. The topological polar surface area (TPSA) is 46.2 Å². The van der Waals surface area contributed by atoms with Crippen LogP contribution in [0.5, 0.6) is 0 Å². The van der Waals surface area contributed by atoms with Crippen molar-refractivity contribution in [3.63, 3.8) is 0 Å². The first-order valence-electron chi connectivity index (χ1n) is 14.2. The van der Waals surface area contributed by atoms with Crippen LogP contribution in [-0.2, 0) is 23.1 Å². The van der Waals surface area contributed by atoms with E-state index in [2.05, 4.69) is 93.4 Å². The molecule has 0 spiro atoms. The summed E-state index contributed by atoms with van der Waals surface area (Å²) in [6, 6.07) is 0. The Morgan fingerprint density at radius 2 is 1.65 bits per heavy atom. The quantitative estimate of drug-likeness (QED) is 0.0825. The van der Waals surface area contributed by atoms with E-state index in [0.29, 0.717) is 25.9 Å². The third kappa shape index (κ3) is 12.6. The largest absolute Gasteiger partial charge is 0.414 e. The van der Waals surface area contributed by atoms with E-state index >= 15 is 0 Å². The van der Waals surface area contributed by atoms with E-state index in [1.54, 1.807) is 7.11 Å². The van der Waals surface area contributed by atoms with Gasteiger partial charge in [-0.15, -0.1) is 0 Å². The molecule has 0 saturated carbocycles. The summed E-state index contributed by atoms with van der Waals surface area (Å²) in [6.45, 7) is 31.6. The van der Waals surface area contributed by atoms with Crippen molar-refractivity contribution in [3.8, 4) is 0 Å². The zero-order valence-corrected chi connectivity index (χ0v) is 28.4. The summed E-state index contributed by atoms with van der Waals surface area (Å²) in [5.74, 6) is 0.504. The minimum atomic E-state index is -1.93. The Kier molecular flexibility index (Phi) is 14.0. The molecule has 1 rings (SSSR count). The number of hydrogen-bond donors (Lipinski definition) is 0. The van der Waals surface area contributed by atoms with Gasteiger partial charge in [0.2, 0.25) is 0 Å². The third-order valence-corrected chi connectivity index (χ3v) is 17.4. The van der Waals surface area contributed by atoms with Crippen LogP contribution in [-0.4, -0.2) is 62.1 Å². The molecule has 1 aliphatic rings. The Morgan fingerprint density at radius 1 is 1.03 bits per heavy atom. The van der Waals surface area contributed by atoms with E-state index in [-0.39, 0.29) is 28.4 Å². The molecule has 218 valence electrons. The van der Waals surface area contributed by atoms with Gasteiger partial charge in [-0.25, -0.2) is 0 Å². The van der Waals surface area contributed by atoms with Gasteiger partial charge in [0.05, 0.1) is 31.5 Å². The molecule has 0 aromatic rings. The lowest BCUT2D eigenvalue weighted by atomic mass is 9.92. The zero-order valence-electron chi connectivity index (χ0n) is 26.4. The minimum absolute atomic E-state index is 0.0556. The van der Waals surface area contributed by atoms with Crippen molar-refractivity contribution in [2.24, 2.45) is 5.92 Å². The molecule has 0 aromatic carbocycles. The second kappa shape index (κ2) is 14.9. The second-order valence-corrected chi connectivity index (χ2v) is 23.7. The molecular formula is C30H60O5Si2. The molecule has 0 aromatic heterocycles. The lowest BCUT2D eigenvalue weighted by Crippen LogP contribution is -2.48. The van der Waals surface area contributed by atoms with Gasteiger partial charge in [-0.2, -0.15) is 0 Å². The lowest BCUT2D eigenvalue weighted by Gasteiger charge is -2.42. The average molecular weight is 557 g/mol. The highest BCUT2D eigenvalue weighted by Crippen LogP contribution is 2.40. The van der Waals surface area contributed by atoms with Crippen LogP contribution in [0.4, 0.5) is 0 Å². The van der Waals surface area contributed by atoms with Crippen LogP contribution in [0.1, 0.15) is 80.6 Å². The highest BCUT2D eigenvalue weighted by molar-refractivity contribution is 6.74. The summed E-state index contributed by atoms with van der Waals surface area (Å²) in [4.78, 5) is 0. The van der Waals surface area contributed by atoms with E-state index < -0.39 is 16.6 Å². The van der Waals surface area contributed by atoms with E-state index in [9.17, 15) is 0 Å². The number of methoxy groups -OCH3 is 1. The highest BCUT2D eigenvalue weighted by Gasteiger charge is 2.41. The molecule has 0 saturated heterocycles. The Morgan fingerprint density at radius 3 is 2.22 bits per heavy atom. The van der Waals surface area contributed by atoms with Crippen LogP contribution >= 0.6 is 0 Å². The summed E-state index contributed by atoms with van der Waals surface area (Å²) in [6.07, 6.45) is 9.58. The first kappa shape index (κ1) is 34.7. The zero-order chi connectivity index (χ0) is 28.5. The average Bonchev–Trinajstić information content (AvgIpc) is 2.73. The second-order valence-electron chi connectivity index (χ2n) is 14.1. The Labute approximate surface area is 232 Å². The van der Waals surface area contributed by atoms with Crippen LogP contribution in [0.2, 0.25) is 36.3 Å². The molecule has 0 fully saturated rings. The molecule has 37 heavy (non-hydrogen) atoms. The molecule has 0 bridgehead atoms. The fraction of sp³-hybridized carbons (Fsp3) is 0.867. The van der Waals surface area contributed by atoms with Crippen molar-refractivity contribution < 1.29 is 23.1 Å². The smallest absolute Gasteiger partial charge is 0.192 e. The monoisotopic (exact) mass is 556 g/mol. The van der Waals surface area contributed by atoms with E-state index in [1.807, 2.05) is 0 Å². The Hall–Kier alpha value is -0.286. The van der Waals surface area contributed by atoms with Gasteiger partial charge in [-0.1, -0.05) is 72.8 Å². The van der Waals surface area contributed by atoms with Crippen LogP contribution in [0.25, 0.3) is 0 Å². The van der Waals surface area contributed by atoms with Gasteiger partial charge in [0.15, 0.2) is 16.6 Å². The molecule has 0 amide bonds. The van der Waals surface area contributed by atoms with Crippen molar-refractivity contribution in [2.75, 3.05) is 27.1 Å². The predicted molar refractivity (Wildman–Crippen MR) is 162 cm³/mol. The van der Waals surface area contributed by atoms with Crippen molar-refractivity contribution in [3.05, 3.63) is 24.3 Å². The molecular weight excluding hydrogens is 496 g/mol. The summed E-state index contributed by atoms with van der Waals surface area (Å²) in [7, 11) is -2.14. The molecule has 1 heterocycles. The summed E-state index contributed by atoms with van der Waals surface area (Å²) in [5.41, 5.74) is 1.26. The molecule has 5 nitrogen and oxygen atoms in total. The van der Waals surface area contributed by atoms with Crippen molar-refractivity contribution >= 4 is 16.6 Å². The van der Waals surface area contributed by atoms with Crippen LogP contribution < -0.4 is 0 Å². The highest BCUT2D eigenvalue weighted by atomic mass is 28.4. The van der Waals surface area contributed by atoms with Gasteiger partial charge < -0.3 is 23.1 Å². The Bertz CT molecular complexity index is 706. The maximum Gasteiger partial charge on any atom is 0.192 e. The Balaban J connectivity index is 2.70. The molecule has 0 N–H and O–H groups in total. The van der Waals surface area contributed by atoms with E-state index in [1.165, 1.54) is 5.57 Å². The van der Waals surface area contributed by atoms with Crippen molar-refractivity contribution in [2.45, 2.75) is 135 Å². The summed E-state index contributed by atoms with van der Waals surface area (Å²) >= 11 is 0. The van der Waals surface area contributed by atoms with E-state index in [0.717, 1.165) is 32.1 Å². The normalized spacial score (nSPS) is 21.2. The van der Waals surface area contributed by atoms with Gasteiger partial charge in [0, 0.05) is 13.5 Å². The maximum absolute atomic E-state index is 6.90.